The fourth-order valence-electron chi connectivity index (χ4n) is 2.34. The van der Waals surface area contributed by atoms with Crippen molar-refractivity contribution in [1.29, 1.82) is 5.26 Å². The summed E-state index contributed by atoms with van der Waals surface area (Å²) in [6.07, 6.45) is 2.45. The van der Waals surface area contributed by atoms with E-state index in [0.717, 1.165) is 5.56 Å². The molecule has 19 heavy (non-hydrogen) atoms. The number of nitriles is 1. The Hall–Kier alpha value is -2.07. The van der Waals surface area contributed by atoms with Crippen LogP contribution in [0.5, 0.6) is 0 Å². The topological polar surface area (TPSA) is 23.8 Å². The molecule has 0 radical (unpaired) electrons. The Balaban J connectivity index is 2.20. The van der Waals surface area contributed by atoms with Crippen LogP contribution in [0.1, 0.15) is 43.7 Å². The maximum Gasteiger partial charge on any atom is 0.0991 e. The summed E-state index contributed by atoms with van der Waals surface area (Å²) in [6.45, 7) is 4.50. The Morgan fingerprint density at radius 2 is 1.47 bits per heavy atom. The zero-order valence-corrected chi connectivity index (χ0v) is 11.6. The molecule has 1 atom stereocenters. The Bertz CT molecular complexity index is 558. The van der Waals surface area contributed by atoms with E-state index in [-0.39, 0.29) is 0 Å². The Labute approximate surface area is 115 Å². The maximum absolute atomic E-state index is 8.80. The summed E-state index contributed by atoms with van der Waals surface area (Å²) in [5.41, 5.74) is 4.47. The monoisotopic (exact) mass is 249 g/mol. The van der Waals surface area contributed by atoms with Crippen molar-refractivity contribution < 1.29 is 0 Å². The fourth-order valence-corrected chi connectivity index (χ4v) is 2.34. The van der Waals surface area contributed by atoms with Gasteiger partial charge in [-0.15, -0.1) is 0 Å². The van der Waals surface area contributed by atoms with Crippen molar-refractivity contribution in [2.24, 2.45) is 0 Å². The van der Waals surface area contributed by atoms with Crippen LogP contribution in [0.15, 0.2) is 48.5 Å². The van der Waals surface area contributed by atoms with Gasteiger partial charge in [-0.05, 0) is 41.2 Å². The van der Waals surface area contributed by atoms with E-state index in [4.69, 9.17) is 5.26 Å². The average molecular weight is 249 g/mol. The first-order chi connectivity index (χ1) is 9.24. The van der Waals surface area contributed by atoms with Gasteiger partial charge in [0.15, 0.2) is 0 Å². The van der Waals surface area contributed by atoms with Gasteiger partial charge < -0.3 is 0 Å². The summed E-state index contributed by atoms with van der Waals surface area (Å²) in [7, 11) is 0. The van der Waals surface area contributed by atoms with Gasteiger partial charge in [-0.25, -0.2) is 0 Å². The second kappa shape index (κ2) is 6.20. The third kappa shape index (κ3) is 3.23. The van der Waals surface area contributed by atoms with Crippen molar-refractivity contribution in [3.8, 4) is 17.2 Å². The molecule has 0 amide bonds. The molecule has 1 nitrogen and oxygen atoms in total. The summed E-state index contributed by atoms with van der Waals surface area (Å²) in [5.74, 6) is 0.625. The van der Waals surface area contributed by atoms with Crippen LogP contribution < -0.4 is 0 Å². The predicted molar refractivity (Wildman–Crippen MR) is 79.9 cm³/mol. The first-order valence-electron chi connectivity index (χ1n) is 6.85. The van der Waals surface area contributed by atoms with Crippen molar-refractivity contribution in [3.63, 3.8) is 0 Å². The molecule has 0 bridgehead atoms. The van der Waals surface area contributed by atoms with Gasteiger partial charge in [0.2, 0.25) is 0 Å². The van der Waals surface area contributed by atoms with Gasteiger partial charge in [0.05, 0.1) is 11.6 Å². The van der Waals surface area contributed by atoms with E-state index in [1.54, 1.807) is 0 Å². The van der Waals surface area contributed by atoms with Crippen molar-refractivity contribution in [1.82, 2.24) is 0 Å². The van der Waals surface area contributed by atoms with Crippen molar-refractivity contribution in [3.05, 3.63) is 59.7 Å². The number of rotatable bonds is 4. The lowest BCUT2D eigenvalue weighted by Crippen LogP contribution is -1.92. The Morgan fingerprint density at radius 3 is 1.95 bits per heavy atom. The highest BCUT2D eigenvalue weighted by atomic mass is 14.2. The van der Waals surface area contributed by atoms with Crippen LogP contribution in [0.3, 0.4) is 0 Å². The highest BCUT2D eigenvalue weighted by molar-refractivity contribution is 5.64. The lowest BCUT2D eigenvalue weighted by Gasteiger charge is -2.11. The molecule has 2 aromatic rings. The largest absolute Gasteiger partial charge is 0.192 e. The van der Waals surface area contributed by atoms with Crippen LogP contribution in [0, 0.1) is 11.3 Å². The molecule has 0 aliphatic carbocycles. The summed E-state index contributed by atoms with van der Waals surface area (Å²) in [4.78, 5) is 0. The molecule has 0 aliphatic heterocycles. The minimum absolute atomic E-state index is 0.625. The van der Waals surface area contributed by atoms with E-state index in [2.05, 4.69) is 44.2 Å². The Morgan fingerprint density at radius 1 is 0.947 bits per heavy atom. The van der Waals surface area contributed by atoms with E-state index in [9.17, 15) is 0 Å². The summed E-state index contributed by atoms with van der Waals surface area (Å²) < 4.78 is 0. The zero-order valence-electron chi connectivity index (χ0n) is 11.6. The third-order valence-corrected chi connectivity index (χ3v) is 3.55. The molecule has 0 fully saturated rings. The number of hydrogen-bond donors (Lipinski definition) is 0. The molecule has 2 rings (SSSR count). The van der Waals surface area contributed by atoms with Gasteiger partial charge >= 0.3 is 0 Å². The molecule has 0 saturated heterocycles. The second-order valence-electron chi connectivity index (χ2n) is 5.00. The van der Waals surface area contributed by atoms with E-state index < -0.39 is 0 Å². The smallest absolute Gasteiger partial charge is 0.0991 e. The van der Waals surface area contributed by atoms with Gasteiger partial charge in [0, 0.05) is 0 Å². The predicted octanol–water partition coefficient (Wildman–Crippen LogP) is 5.13. The van der Waals surface area contributed by atoms with Crippen LogP contribution in [-0.4, -0.2) is 0 Å². The van der Waals surface area contributed by atoms with E-state index >= 15 is 0 Å². The van der Waals surface area contributed by atoms with Crippen LogP contribution in [-0.2, 0) is 0 Å². The number of nitrogens with zero attached hydrogens (tertiary/aromatic N) is 1. The highest BCUT2D eigenvalue weighted by Crippen LogP contribution is 2.25. The summed E-state index contributed by atoms with van der Waals surface area (Å²) in [6, 6.07) is 18.6. The Kier molecular flexibility index (Phi) is 4.36. The first kappa shape index (κ1) is 13.4. The summed E-state index contributed by atoms with van der Waals surface area (Å²) >= 11 is 0. The molecule has 0 aliphatic rings. The van der Waals surface area contributed by atoms with E-state index in [0.29, 0.717) is 11.5 Å². The molecule has 0 N–H and O–H groups in total. The quantitative estimate of drug-likeness (QED) is 0.737. The van der Waals surface area contributed by atoms with Gasteiger partial charge in [0.1, 0.15) is 0 Å². The summed E-state index contributed by atoms with van der Waals surface area (Å²) in [5, 5.41) is 8.80. The van der Waals surface area contributed by atoms with Gasteiger partial charge in [0.25, 0.3) is 0 Å². The third-order valence-electron chi connectivity index (χ3n) is 3.55. The molecule has 0 saturated carbocycles. The van der Waals surface area contributed by atoms with Gasteiger partial charge in [-0.2, -0.15) is 5.26 Å². The second-order valence-corrected chi connectivity index (χ2v) is 5.00. The molecule has 1 heteroatoms. The molecule has 0 heterocycles. The number of benzene rings is 2. The lowest BCUT2D eigenvalue weighted by molar-refractivity contribution is 0.665. The average Bonchev–Trinajstić information content (AvgIpc) is 2.48. The standard InChI is InChI=1S/C18H19N/c1-3-4-14(2)16-9-11-18(12-10-16)17-7-5-15(13-19)6-8-17/h5-12,14H,3-4H2,1-2H3. The zero-order chi connectivity index (χ0) is 13.7. The van der Waals surface area contributed by atoms with E-state index in [1.807, 2.05) is 24.3 Å². The van der Waals surface area contributed by atoms with Gasteiger partial charge in [-0.3, -0.25) is 0 Å². The molecule has 0 spiro atoms. The normalized spacial score (nSPS) is 11.8. The molecule has 0 aromatic heterocycles. The van der Waals surface area contributed by atoms with Crippen molar-refractivity contribution in [2.75, 3.05) is 0 Å². The van der Waals surface area contributed by atoms with Crippen LogP contribution in [0.2, 0.25) is 0 Å². The molecular weight excluding hydrogens is 230 g/mol. The molecule has 96 valence electrons. The van der Waals surface area contributed by atoms with Gasteiger partial charge in [-0.1, -0.05) is 56.7 Å². The maximum atomic E-state index is 8.80. The number of hydrogen-bond acceptors (Lipinski definition) is 1. The molecular formula is C18H19N. The van der Waals surface area contributed by atoms with Crippen LogP contribution >= 0.6 is 0 Å². The van der Waals surface area contributed by atoms with Crippen LogP contribution in [0.4, 0.5) is 0 Å². The SMILES string of the molecule is CCCC(C)c1ccc(-c2ccc(C#N)cc2)cc1. The minimum atomic E-state index is 0.625. The molecule has 2 aromatic carbocycles. The highest BCUT2D eigenvalue weighted by Gasteiger charge is 2.04. The van der Waals surface area contributed by atoms with Crippen LogP contribution in [0.25, 0.3) is 11.1 Å². The first-order valence-corrected chi connectivity index (χ1v) is 6.85. The van der Waals surface area contributed by atoms with Crippen molar-refractivity contribution >= 4 is 0 Å². The molecule has 1 unspecified atom stereocenters. The lowest BCUT2D eigenvalue weighted by atomic mass is 9.94. The van der Waals surface area contributed by atoms with E-state index in [1.165, 1.54) is 24.0 Å². The van der Waals surface area contributed by atoms with Crippen molar-refractivity contribution in [2.45, 2.75) is 32.6 Å². The minimum Gasteiger partial charge on any atom is -0.192 e. The fraction of sp³-hybridized carbons (Fsp3) is 0.278.